The molecule has 8 N–H and O–H groups in total. The lowest BCUT2D eigenvalue weighted by Gasteiger charge is -2.27. The molecule has 9 atom stereocenters. The normalized spacial score (nSPS) is 18.1. The van der Waals surface area contributed by atoms with E-state index in [0.717, 1.165) is 81.8 Å². The van der Waals surface area contributed by atoms with Crippen molar-refractivity contribution in [3.63, 3.8) is 0 Å². The molecule has 10 aromatic rings. The molecule has 8 heterocycles. The second-order valence-electron chi connectivity index (χ2n) is 33.9. The van der Waals surface area contributed by atoms with E-state index < -0.39 is 54.2 Å². The van der Waals surface area contributed by atoms with Gasteiger partial charge in [-0.25, -0.2) is 62.8 Å². The number of alkyl carbamates (subject to hydrolysis) is 4. The second-order valence-corrected chi connectivity index (χ2v) is 33.9. The molecule has 0 bridgehead atoms. The number of rotatable bonds is 34. The Hall–Kier alpha value is -14.3. The molecule has 8 aromatic heterocycles. The number of hydrogen-bond acceptors (Lipinski definition) is 29. The van der Waals surface area contributed by atoms with E-state index in [4.69, 9.17) is 37.9 Å². The molecule has 4 fully saturated rings. The number of benzene rings is 2. The Kier molecular flexibility index (Phi) is 37.5. The number of nitrogens with zero attached hydrogens (tertiary/aromatic N) is 17. The van der Waals surface area contributed by atoms with Gasteiger partial charge in [0.05, 0.1) is 145 Å². The number of unbranched alkanes of at least 4 members (excludes halogenated alkanes) is 1. The summed E-state index contributed by atoms with van der Waals surface area (Å²) in [6, 6.07) is 29.7. The van der Waals surface area contributed by atoms with Gasteiger partial charge in [0, 0.05) is 28.2 Å². The minimum Gasteiger partial charge on any atom is -0.489 e. The van der Waals surface area contributed by atoms with E-state index in [-0.39, 0.29) is 81.6 Å². The highest BCUT2D eigenvalue weighted by Gasteiger charge is 2.34. The van der Waals surface area contributed by atoms with Gasteiger partial charge in [-0.05, 0) is 190 Å². The first-order valence-electron chi connectivity index (χ1n) is 45.6. The maximum absolute atomic E-state index is 12.2. The lowest BCUT2D eigenvalue weighted by molar-refractivity contribution is -0.144. The number of carbonyl (C=O) groups excluding carboxylic acids is 4. The van der Waals surface area contributed by atoms with Crippen molar-refractivity contribution >= 4 is 48.3 Å². The molecular formula is C94H121N21O20. The van der Waals surface area contributed by atoms with Gasteiger partial charge in [-0.15, -0.1) is 20.4 Å². The van der Waals surface area contributed by atoms with Crippen LogP contribution in [0.1, 0.15) is 199 Å². The number of carboxylic acids is 4. The third-order valence-corrected chi connectivity index (χ3v) is 23.8. The Labute approximate surface area is 781 Å². The van der Waals surface area contributed by atoms with Crippen LogP contribution < -0.4 is 40.2 Å². The van der Waals surface area contributed by atoms with Gasteiger partial charge in [-0.2, -0.15) is 0 Å². The molecule has 722 valence electrons. The van der Waals surface area contributed by atoms with E-state index >= 15 is 0 Å². The molecule has 41 nitrogen and oxygen atoms in total. The second kappa shape index (κ2) is 50.0. The SMILES string of the molecule is CCCCOC(=O)NCc1c(-c2ccc(O[C@H]3CCC[C@H](C(=O)O)C3)c(C)n2)nnn1C.CC[C@H](C)COC(=O)NCc1c(-c2ccc(O[C@H]3CCC[C@H](C(=O)O)C3)c(C)n2)nnn1C.Cc1nc(-c2nnn(C)c2CNC(=O)OCc2ccccc2)ccc1O[C@H]1CCCC(C(=O)O)C1.Cc1nc(-c2nnn(C)c2CNC(=O)OCc2ccccc2)cnc1OC1CCC[C@H](C(=O)O)C1. The Morgan fingerprint density at radius 1 is 0.393 bits per heavy atom. The Morgan fingerprint density at radius 3 is 1.01 bits per heavy atom. The number of pyridine rings is 3. The van der Waals surface area contributed by atoms with Crippen LogP contribution in [0.2, 0.25) is 0 Å². The van der Waals surface area contributed by atoms with Gasteiger partial charge < -0.3 is 79.6 Å². The molecule has 135 heavy (non-hydrogen) atoms. The van der Waals surface area contributed by atoms with E-state index in [1.165, 1.54) is 0 Å². The number of carboxylic acid groups (broad SMARTS) is 4. The number of nitrogens with one attached hydrogen (secondary N) is 4. The molecule has 2 aromatic carbocycles. The first kappa shape index (κ1) is 101. The molecular weight excluding hydrogens is 1740 g/mol. The third-order valence-electron chi connectivity index (χ3n) is 23.8. The minimum absolute atomic E-state index is 0.133. The summed E-state index contributed by atoms with van der Waals surface area (Å²) in [5, 5.41) is 81.2. The molecule has 4 amide bonds. The molecule has 4 aliphatic rings. The topological polar surface area (TPSA) is 527 Å². The minimum atomic E-state index is -0.788. The summed E-state index contributed by atoms with van der Waals surface area (Å²) in [7, 11) is 6.98. The van der Waals surface area contributed by atoms with Gasteiger partial charge in [0.15, 0.2) is 0 Å². The maximum atomic E-state index is 12.2. The van der Waals surface area contributed by atoms with Crippen molar-refractivity contribution in [3.05, 3.63) is 160 Å². The zero-order valence-corrected chi connectivity index (χ0v) is 78.0. The van der Waals surface area contributed by atoms with Gasteiger partial charge >= 0.3 is 48.3 Å². The highest BCUT2D eigenvalue weighted by Crippen LogP contribution is 2.36. The van der Waals surface area contributed by atoms with Crippen LogP contribution >= 0.6 is 0 Å². The van der Waals surface area contributed by atoms with Gasteiger partial charge in [0.25, 0.3) is 0 Å². The molecule has 41 heteroatoms. The van der Waals surface area contributed by atoms with Crippen molar-refractivity contribution in [1.29, 1.82) is 0 Å². The van der Waals surface area contributed by atoms with Gasteiger partial charge in [-0.1, -0.05) is 115 Å². The highest BCUT2D eigenvalue weighted by molar-refractivity contribution is 5.73. The van der Waals surface area contributed by atoms with Crippen molar-refractivity contribution in [2.75, 3.05) is 13.2 Å². The molecule has 4 aliphatic carbocycles. The van der Waals surface area contributed by atoms with Crippen LogP contribution in [0.3, 0.4) is 0 Å². The third kappa shape index (κ3) is 29.8. The number of carbonyl (C=O) groups is 8. The summed E-state index contributed by atoms with van der Waals surface area (Å²) in [6.45, 7) is 15.2. The van der Waals surface area contributed by atoms with E-state index in [1.807, 2.05) is 120 Å². The highest BCUT2D eigenvalue weighted by atomic mass is 16.6. The van der Waals surface area contributed by atoms with Crippen LogP contribution in [-0.2, 0) is 106 Å². The zero-order valence-electron chi connectivity index (χ0n) is 78.0. The summed E-state index contributed by atoms with van der Waals surface area (Å²) >= 11 is 0. The van der Waals surface area contributed by atoms with Crippen LogP contribution in [0, 0.1) is 57.3 Å². The number of aryl methyl sites for hydroxylation is 8. The van der Waals surface area contributed by atoms with Crippen molar-refractivity contribution in [1.82, 2.24) is 106 Å². The zero-order chi connectivity index (χ0) is 96.6. The fourth-order valence-corrected chi connectivity index (χ4v) is 15.7. The monoisotopic (exact) mass is 1860 g/mol. The van der Waals surface area contributed by atoms with Crippen LogP contribution in [0.5, 0.6) is 23.1 Å². The maximum Gasteiger partial charge on any atom is 0.407 e. The van der Waals surface area contributed by atoms with Crippen LogP contribution in [0.25, 0.3) is 45.6 Å². The summed E-state index contributed by atoms with van der Waals surface area (Å²) in [4.78, 5) is 116. The smallest absolute Gasteiger partial charge is 0.407 e. The van der Waals surface area contributed by atoms with Crippen molar-refractivity contribution in [2.45, 2.75) is 234 Å². The summed E-state index contributed by atoms with van der Waals surface area (Å²) in [6.07, 6.45) is 12.9. The van der Waals surface area contributed by atoms with E-state index in [2.05, 4.69) is 87.4 Å². The van der Waals surface area contributed by atoms with Crippen molar-refractivity contribution in [2.24, 2.45) is 57.8 Å². The van der Waals surface area contributed by atoms with Crippen molar-refractivity contribution in [3.8, 4) is 68.7 Å². The van der Waals surface area contributed by atoms with Gasteiger partial charge in [0.2, 0.25) is 5.88 Å². The molecule has 0 radical (unpaired) electrons. The standard InChI is InChI=1S/C25H29N5O5.C24H28N6O5.C23H33N5O5.C22H31N5O5/c1-16-22(35-19-10-6-9-18(13-19)24(31)32)12-11-20(27-16)23-21(30(2)29-28-23)14-26-25(33)34-15-17-7-4-3-5-8-17;1-15-22(35-18-10-6-9-17(11-18)23(31)32)25-12-19(27-15)21-20(30(2)29-28-21)13-26-24(33)34-14-16-7-4-3-5-8-16;1-5-14(2)13-32-23(31)24-12-19-21(26-27-28(19)4)18-9-10-20(15(3)25-18)33-17-8-6-7-16(11-17)22(29)30;1-4-5-11-31-22(30)23-13-18-20(25-26-27(18)3)17-9-10-19(14(2)24-17)32-16-8-6-7-15(12-16)21(28)29/h3-5,7-8,11-12,18-19H,6,9-10,13-15H2,1-2H3,(H,26,33)(H,31,32);3-5,7-8,12,17-18H,6,9-11,13-14H2,1-2H3,(H,26,33)(H,31,32);9-10,14,16-17H,5-8,11-13H2,1-4H3,(H,24,31)(H,29,30);9-10,15-16H,4-8,11-13H2,1-3H3,(H,23,30)(H,28,29)/t18?,19-;17-,18?;14-,16-,17-;15-,16-/m0000/s1. The van der Waals surface area contributed by atoms with Crippen LogP contribution in [0.4, 0.5) is 19.2 Å². The predicted molar refractivity (Wildman–Crippen MR) is 487 cm³/mol. The molecule has 4 saturated carbocycles. The number of ether oxygens (including phenoxy) is 8. The van der Waals surface area contributed by atoms with Crippen LogP contribution in [-0.4, -0.2) is 191 Å². The Balaban J connectivity index is 0.000000173. The summed E-state index contributed by atoms with van der Waals surface area (Å²) in [5.74, 6) is -1.99. The number of hydrogen-bond donors (Lipinski definition) is 8. The number of amides is 4. The number of aliphatic carboxylic acids is 4. The molecule has 2 unspecified atom stereocenters. The molecule has 14 rings (SSSR count). The Bertz CT molecular complexity index is 5450. The lowest BCUT2D eigenvalue weighted by Crippen LogP contribution is -2.30. The average molecular weight is 1870 g/mol. The molecule has 0 saturated heterocycles. The summed E-state index contributed by atoms with van der Waals surface area (Å²) < 4.78 is 51.5. The quantitative estimate of drug-likeness (QED) is 0.0137. The largest absolute Gasteiger partial charge is 0.489 e. The van der Waals surface area contributed by atoms with Crippen molar-refractivity contribution < 1.29 is 96.7 Å². The number of aromatic nitrogens is 17. The lowest BCUT2D eigenvalue weighted by atomic mass is 9.87. The fourth-order valence-electron chi connectivity index (χ4n) is 15.7. The average Bonchev–Trinajstić information content (AvgIpc) is 1.72. The van der Waals surface area contributed by atoms with Gasteiger partial charge in [-0.3, -0.25) is 19.2 Å². The Morgan fingerprint density at radius 2 is 0.704 bits per heavy atom. The first-order valence-corrected chi connectivity index (χ1v) is 45.6. The molecule has 0 spiro atoms. The summed E-state index contributed by atoms with van der Waals surface area (Å²) in [5.41, 5.74) is 11.6. The first-order chi connectivity index (χ1) is 65.0. The van der Waals surface area contributed by atoms with E-state index in [9.17, 15) is 58.8 Å². The van der Waals surface area contributed by atoms with Crippen LogP contribution in [0.15, 0.2) is 103 Å². The predicted octanol–water partition coefficient (Wildman–Crippen LogP) is 13.4. The van der Waals surface area contributed by atoms with E-state index in [1.54, 1.807) is 78.2 Å². The van der Waals surface area contributed by atoms with E-state index in [0.29, 0.717) is 185 Å². The van der Waals surface area contributed by atoms with Gasteiger partial charge in [0.1, 0.15) is 70.7 Å². The fraction of sp³-hybridized carbons (Fsp3) is 0.500. The molecule has 0 aliphatic heterocycles.